The number of allylic oxidation sites excluding steroid dienone is 1. The molecule has 2 heterocycles. The molecule has 1 amide bonds. The number of unbranched alkanes of at least 4 members (excludes halogenated alkanes) is 2. The summed E-state index contributed by atoms with van der Waals surface area (Å²) in [6.45, 7) is 4.85. The lowest BCUT2D eigenvalue weighted by Gasteiger charge is -2.60. The zero-order chi connectivity index (χ0) is 40.9. The van der Waals surface area contributed by atoms with Gasteiger partial charge in [-0.15, -0.1) is 6.58 Å². The van der Waals surface area contributed by atoms with Crippen LogP contribution in [-0.2, 0) is 27.5 Å². The summed E-state index contributed by atoms with van der Waals surface area (Å²) in [6.07, 6.45) is 10.5. The number of amides is 1. The summed E-state index contributed by atoms with van der Waals surface area (Å²) in [5, 5.41) is 24.5. The van der Waals surface area contributed by atoms with Gasteiger partial charge in [0, 0.05) is 49.1 Å². The number of aliphatic hydroxyl groups is 2. The van der Waals surface area contributed by atoms with E-state index in [1.165, 1.54) is 6.07 Å². The van der Waals surface area contributed by atoms with Crippen LogP contribution >= 0.6 is 0 Å². The first-order valence-electron chi connectivity index (χ1n) is 21.1. The quantitative estimate of drug-likeness (QED) is 0.0708. The third-order valence-corrected chi connectivity index (χ3v) is 12.6. The summed E-state index contributed by atoms with van der Waals surface area (Å²) in [5.41, 5.74) is 3.94. The van der Waals surface area contributed by atoms with Gasteiger partial charge in [0.1, 0.15) is 37.1 Å². The Morgan fingerprint density at radius 2 is 1.78 bits per heavy atom. The molecule has 2 saturated carbocycles. The number of fused-ring (bicyclic) bond motifs is 3. The summed E-state index contributed by atoms with van der Waals surface area (Å²) in [6, 6.07) is 17.5. The monoisotopic (exact) mass is 810 g/mol. The van der Waals surface area contributed by atoms with Gasteiger partial charge in [-0.25, -0.2) is 4.39 Å². The molecule has 3 aromatic carbocycles. The number of rotatable bonds is 19. The summed E-state index contributed by atoms with van der Waals surface area (Å²) >= 11 is 0. The SMILES string of the molecule is C=CCOC12Oc3ccc(OCc4ccccc4F)cc3C3C(CCCCO)C(CCCCO)C=C(C(=NOC)CC1N(Cc1ccc4c(c1)OCO4)C(=O)C1CC1)C32. The Bertz CT molecular complexity index is 2050. The molecular weight excluding hydrogens is 756 g/mol. The minimum atomic E-state index is -1.38. The lowest BCUT2D eigenvalue weighted by molar-refractivity contribution is -0.258. The average molecular weight is 811 g/mol. The van der Waals surface area contributed by atoms with Crippen LogP contribution in [0.5, 0.6) is 23.0 Å². The number of ether oxygens (including phenoxy) is 5. The van der Waals surface area contributed by atoms with E-state index >= 15 is 0 Å². The van der Waals surface area contributed by atoms with Crippen molar-refractivity contribution in [3.63, 3.8) is 0 Å². The maximum Gasteiger partial charge on any atom is 0.239 e. The van der Waals surface area contributed by atoms with E-state index in [2.05, 4.69) is 12.7 Å². The van der Waals surface area contributed by atoms with E-state index in [4.69, 9.17) is 33.7 Å². The van der Waals surface area contributed by atoms with Crippen LogP contribution in [0, 0.1) is 29.5 Å². The van der Waals surface area contributed by atoms with Crippen molar-refractivity contribution in [2.24, 2.45) is 28.8 Å². The van der Waals surface area contributed by atoms with E-state index in [-0.39, 0.29) is 75.2 Å². The Hall–Kier alpha value is -4.91. The summed E-state index contributed by atoms with van der Waals surface area (Å²) in [4.78, 5) is 22.3. The number of halogens is 1. The third-order valence-electron chi connectivity index (χ3n) is 12.6. The van der Waals surface area contributed by atoms with Crippen LogP contribution in [-0.4, -0.2) is 72.3 Å². The van der Waals surface area contributed by atoms with Gasteiger partial charge in [0.2, 0.25) is 18.5 Å². The Morgan fingerprint density at radius 3 is 2.54 bits per heavy atom. The van der Waals surface area contributed by atoms with Crippen LogP contribution in [0.4, 0.5) is 4.39 Å². The first kappa shape index (κ1) is 40.9. The molecule has 59 heavy (non-hydrogen) atoms. The summed E-state index contributed by atoms with van der Waals surface area (Å²) < 4.78 is 46.8. The first-order valence-corrected chi connectivity index (χ1v) is 21.1. The molecule has 0 spiro atoms. The second kappa shape index (κ2) is 18.1. The molecule has 0 radical (unpaired) electrons. The fourth-order valence-electron chi connectivity index (χ4n) is 9.77. The van der Waals surface area contributed by atoms with Crippen molar-refractivity contribution >= 4 is 11.6 Å². The molecule has 11 nitrogen and oxygen atoms in total. The molecule has 6 unspecified atom stereocenters. The minimum Gasteiger partial charge on any atom is -0.489 e. The van der Waals surface area contributed by atoms with Crippen molar-refractivity contribution < 1.29 is 47.9 Å². The van der Waals surface area contributed by atoms with Gasteiger partial charge in [-0.3, -0.25) is 4.79 Å². The number of benzene rings is 3. The molecule has 0 saturated heterocycles. The van der Waals surface area contributed by atoms with E-state index < -0.39 is 17.7 Å². The lowest BCUT2D eigenvalue weighted by Crippen LogP contribution is -2.70. The highest BCUT2D eigenvalue weighted by molar-refractivity contribution is 6.03. The number of carbonyl (C=O) groups is 1. The number of hydrogen-bond donors (Lipinski definition) is 2. The van der Waals surface area contributed by atoms with Gasteiger partial charge in [-0.2, -0.15) is 0 Å². The van der Waals surface area contributed by atoms with E-state index in [0.717, 1.165) is 60.9 Å². The zero-order valence-corrected chi connectivity index (χ0v) is 33.7. The normalized spacial score (nSPS) is 25.7. The van der Waals surface area contributed by atoms with E-state index in [1.54, 1.807) is 31.4 Å². The first-order chi connectivity index (χ1) is 28.9. The zero-order valence-electron chi connectivity index (χ0n) is 33.7. The standard InChI is InChI=1S/C47H55FN2O9/c1-3-22-58-47-43(50(46(53)31-15-16-31)27-30-14-18-41-42(23-30)57-29-56-41)26-39(49-54-2)36-24-32(10-6-8-20-51)35(12-7-9-21-52)44(45(36)47)37-25-34(17-19-40(37)59-47)55-28-33-11-4-5-13-38(33)48/h3-5,11,13-14,17-19,23-25,31-32,35,43-45,51-52H,1,6-10,12,15-16,20-22,26-29H2,2H3. The smallest absolute Gasteiger partial charge is 0.239 e. The van der Waals surface area contributed by atoms with Crippen LogP contribution in [0.2, 0.25) is 0 Å². The molecule has 0 bridgehead atoms. The Labute approximate surface area is 345 Å². The second-order valence-corrected chi connectivity index (χ2v) is 16.3. The van der Waals surface area contributed by atoms with Gasteiger partial charge in [0.25, 0.3) is 0 Å². The molecule has 2 N–H and O–H groups in total. The lowest BCUT2D eigenvalue weighted by atomic mass is 9.55. The average Bonchev–Trinajstić information content (AvgIpc) is 4.00. The molecule has 3 aliphatic carbocycles. The van der Waals surface area contributed by atoms with E-state index in [0.29, 0.717) is 47.8 Å². The largest absolute Gasteiger partial charge is 0.489 e. The highest BCUT2D eigenvalue weighted by Gasteiger charge is 2.66. The molecule has 0 aromatic heterocycles. The van der Waals surface area contributed by atoms with Gasteiger partial charge in [-0.05, 0) is 97.9 Å². The Kier molecular flexibility index (Phi) is 12.6. The molecule has 314 valence electrons. The van der Waals surface area contributed by atoms with Crippen LogP contribution in [0.3, 0.4) is 0 Å². The van der Waals surface area contributed by atoms with Gasteiger partial charge < -0.3 is 43.6 Å². The highest BCUT2D eigenvalue weighted by Crippen LogP contribution is 2.62. The summed E-state index contributed by atoms with van der Waals surface area (Å²) in [5.74, 6) is 0.147. The molecule has 5 aliphatic rings. The van der Waals surface area contributed by atoms with Gasteiger partial charge in [-0.1, -0.05) is 54.4 Å². The predicted octanol–water partition coefficient (Wildman–Crippen LogP) is 7.84. The molecule has 3 aromatic rings. The topological polar surface area (TPSA) is 129 Å². The Balaban J connectivity index is 1.29. The van der Waals surface area contributed by atoms with E-state index in [9.17, 15) is 19.4 Å². The highest BCUT2D eigenvalue weighted by atomic mass is 19.1. The second-order valence-electron chi connectivity index (χ2n) is 16.3. The molecule has 8 rings (SSSR count). The third kappa shape index (κ3) is 8.32. The molecule has 6 atom stereocenters. The molecule has 12 heteroatoms. The fraction of sp³-hybridized carbons (Fsp3) is 0.489. The van der Waals surface area contributed by atoms with Crippen molar-refractivity contribution in [1.29, 1.82) is 0 Å². The van der Waals surface area contributed by atoms with Gasteiger partial charge in [0.05, 0.1) is 18.2 Å². The number of carbonyl (C=O) groups excluding carboxylic acids is 1. The van der Waals surface area contributed by atoms with Crippen molar-refractivity contribution in [3.05, 3.63) is 107 Å². The van der Waals surface area contributed by atoms with Gasteiger partial charge in [0.15, 0.2) is 11.5 Å². The Morgan fingerprint density at radius 1 is 1.00 bits per heavy atom. The number of oxime groups is 1. The van der Waals surface area contributed by atoms with Crippen molar-refractivity contribution in [2.45, 2.75) is 88.7 Å². The van der Waals surface area contributed by atoms with Crippen LogP contribution < -0.4 is 18.9 Å². The van der Waals surface area contributed by atoms with Crippen molar-refractivity contribution in [2.75, 3.05) is 33.7 Å². The fourth-order valence-corrected chi connectivity index (χ4v) is 9.77. The summed E-state index contributed by atoms with van der Waals surface area (Å²) in [7, 11) is 1.54. The van der Waals surface area contributed by atoms with Crippen molar-refractivity contribution in [3.8, 4) is 23.0 Å². The van der Waals surface area contributed by atoms with E-state index in [1.807, 2.05) is 41.3 Å². The molecule has 2 aliphatic heterocycles. The number of nitrogens with zero attached hydrogens (tertiary/aromatic N) is 2. The maximum atomic E-state index is 14.8. The van der Waals surface area contributed by atoms with Crippen LogP contribution in [0.15, 0.2) is 90.1 Å². The predicted molar refractivity (Wildman–Crippen MR) is 219 cm³/mol. The number of hydrogen-bond acceptors (Lipinski definition) is 10. The van der Waals surface area contributed by atoms with Gasteiger partial charge >= 0.3 is 0 Å². The molecule has 2 fully saturated rings. The maximum absolute atomic E-state index is 14.8. The van der Waals surface area contributed by atoms with Crippen molar-refractivity contribution in [1.82, 2.24) is 4.90 Å². The molecular formula is C47H55FN2O9. The van der Waals surface area contributed by atoms with Crippen LogP contribution in [0.25, 0.3) is 0 Å². The van der Waals surface area contributed by atoms with Crippen LogP contribution in [0.1, 0.15) is 80.4 Å². The minimum absolute atomic E-state index is 0.0264. The number of aliphatic hydroxyl groups excluding tert-OH is 2.